The summed E-state index contributed by atoms with van der Waals surface area (Å²) in [5.74, 6) is 3.24. The number of fused-ring (bicyclic) bond motifs is 3. The van der Waals surface area contributed by atoms with Crippen molar-refractivity contribution in [3.63, 3.8) is 0 Å². The van der Waals surface area contributed by atoms with Crippen molar-refractivity contribution >= 4 is 11.6 Å². The van der Waals surface area contributed by atoms with Crippen molar-refractivity contribution < 1.29 is 14.2 Å². The first kappa shape index (κ1) is 22.2. The molecular weight excluding hydrogens is 452 g/mol. The minimum Gasteiger partial charge on any atom is -0.493 e. The molecule has 0 radical (unpaired) electrons. The lowest BCUT2D eigenvalue weighted by molar-refractivity contribution is 0.216. The summed E-state index contributed by atoms with van der Waals surface area (Å²) >= 11 is 0. The number of para-hydroxylation sites is 2. The Labute approximate surface area is 210 Å². The highest BCUT2D eigenvalue weighted by Gasteiger charge is 2.42. The fraction of sp³-hybridized carbons (Fsp3) is 0.241. The second-order valence-corrected chi connectivity index (χ2v) is 9.28. The molecule has 7 nitrogen and oxygen atoms in total. The zero-order valence-corrected chi connectivity index (χ0v) is 20.7. The van der Waals surface area contributed by atoms with Crippen LogP contribution in [0.1, 0.15) is 54.2 Å². The van der Waals surface area contributed by atoms with Crippen LogP contribution >= 0.6 is 0 Å². The summed E-state index contributed by atoms with van der Waals surface area (Å²) in [4.78, 5) is 4.52. The van der Waals surface area contributed by atoms with Crippen molar-refractivity contribution in [2.24, 2.45) is 0 Å². The molecule has 1 N–H and O–H groups in total. The lowest BCUT2D eigenvalue weighted by atomic mass is 9.84. The molecule has 0 saturated heterocycles. The molecular formula is C29H28N4O3. The number of aromatic nitrogens is 3. The first-order valence-electron chi connectivity index (χ1n) is 12.1. The average molecular weight is 481 g/mol. The summed E-state index contributed by atoms with van der Waals surface area (Å²) in [5, 5.41) is 8.17. The van der Waals surface area contributed by atoms with Crippen molar-refractivity contribution in [1.82, 2.24) is 14.8 Å². The van der Waals surface area contributed by atoms with Gasteiger partial charge < -0.3 is 19.5 Å². The van der Waals surface area contributed by atoms with E-state index >= 15 is 0 Å². The van der Waals surface area contributed by atoms with E-state index in [0.29, 0.717) is 23.4 Å². The first-order chi connectivity index (χ1) is 17.6. The number of nitrogens with zero attached hydrogens (tertiary/aromatic N) is 3. The first-order valence-corrected chi connectivity index (χ1v) is 12.1. The van der Waals surface area contributed by atoms with Crippen molar-refractivity contribution in [2.75, 3.05) is 19.5 Å². The van der Waals surface area contributed by atoms with Gasteiger partial charge in [0.1, 0.15) is 18.1 Å². The van der Waals surface area contributed by atoms with E-state index < -0.39 is 6.10 Å². The van der Waals surface area contributed by atoms with Crippen LogP contribution in [-0.4, -0.2) is 29.0 Å². The summed E-state index contributed by atoms with van der Waals surface area (Å²) in [6, 6.07) is 22.5. The third kappa shape index (κ3) is 3.42. The van der Waals surface area contributed by atoms with Gasteiger partial charge >= 0.3 is 0 Å². The van der Waals surface area contributed by atoms with Crippen molar-refractivity contribution in [1.29, 1.82) is 0 Å². The van der Waals surface area contributed by atoms with Gasteiger partial charge in [0.05, 0.1) is 19.9 Å². The standard InChI is InChI=1S/C29H28N4O3/c1-17(2)18-12-14-19(15-13-18)26-24-25(32-29-30-16-31-33(26)29)20-8-5-6-10-22(20)36-28(24)21-9-7-11-23(34-3)27(21)35-4/h5-17,26,28H,1-4H3,(H,30,31,32)/t26-,28+/m0/s1. The molecule has 36 heavy (non-hydrogen) atoms. The fourth-order valence-corrected chi connectivity index (χ4v) is 5.18. The number of anilines is 1. The van der Waals surface area contributed by atoms with Gasteiger partial charge in [0, 0.05) is 16.7 Å². The van der Waals surface area contributed by atoms with Gasteiger partial charge in [-0.3, -0.25) is 0 Å². The molecule has 4 aromatic rings. The van der Waals surface area contributed by atoms with Crippen LogP contribution in [0.25, 0.3) is 5.70 Å². The number of benzene rings is 3. The normalized spacial score (nSPS) is 18.0. The quantitative estimate of drug-likeness (QED) is 0.379. The van der Waals surface area contributed by atoms with Crippen LogP contribution in [0.15, 0.2) is 78.6 Å². The van der Waals surface area contributed by atoms with E-state index in [1.807, 2.05) is 41.1 Å². The van der Waals surface area contributed by atoms with E-state index in [9.17, 15) is 0 Å². The lowest BCUT2D eigenvalue weighted by Gasteiger charge is -2.39. The molecule has 6 rings (SSSR count). The van der Waals surface area contributed by atoms with Gasteiger partial charge in [-0.1, -0.05) is 62.4 Å². The molecule has 0 unspecified atom stereocenters. The maximum Gasteiger partial charge on any atom is 0.226 e. The van der Waals surface area contributed by atoms with Crippen molar-refractivity contribution in [3.05, 3.63) is 101 Å². The molecule has 0 spiro atoms. The van der Waals surface area contributed by atoms with Crippen LogP contribution in [0.2, 0.25) is 0 Å². The third-order valence-corrected chi connectivity index (χ3v) is 6.96. The third-order valence-electron chi connectivity index (χ3n) is 6.96. The van der Waals surface area contributed by atoms with Gasteiger partial charge in [-0.05, 0) is 35.2 Å². The van der Waals surface area contributed by atoms with Crippen LogP contribution in [0.3, 0.4) is 0 Å². The molecule has 3 aromatic carbocycles. The van der Waals surface area contributed by atoms with Crippen molar-refractivity contribution in [3.8, 4) is 17.2 Å². The van der Waals surface area contributed by atoms with Crippen LogP contribution in [0.5, 0.6) is 17.2 Å². The Balaban J connectivity index is 1.61. The summed E-state index contributed by atoms with van der Waals surface area (Å²) < 4.78 is 20.1. The molecule has 0 bridgehead atoms. The second kappa shape index (κ2) is 8.75. The van der Waals surface area contributed by atoms with Gasteiger partial charge in [0.15, 0.2) is 17.6 Å². The summed E-state index contributed by atoms with van der Waals surface area (Å²) in [6.07, 6.45) is 1.14. The Morgan fingerprint density at radius 2 is 1.75 bits per heavy atom. The minimum atomic E-state index is -0.445. The number of methoxy groups -OCH3 is 2. The van der Waals surface area contributed by atoms with Crippen LogP contribution in [-0.2, 0) is 0 Å². The van der Waals surface area contributed by atoms with Crippen LogP contribution in [0, 0.1) is 0 Å². The van der Waals surface area contributed by atoms with E-state index in [2.05, 4.69) is 59.6 Å². The highest BCUT2D eigenvalue weighted by Crippen LogP contribution is 2.52. The number of rotatable bonds is 5. The van der Waals surface area contributed by atoms with Gasteiger partial charge in [-0.15, -0.1) is 0 Å². The van der Waals surface area contributed by atoms with E-state index in [0.717, 1.165) is 33.7 Å². The SMILES string of the molecule is COc1cccc([C@H]2Oc3ccccc3C3=C2[C@H](c2ccc(C(C)C)cc2)n2ncnc2N3)c1OC. The lowest BCUT2D eigenvalue weighted by Crippen LogP contribution is -2.32. The fourth-order valence-electron chi connectivity index (χ4n) is 5.18. The molecule has 3 heterocycles. The Kier molecular flexibility index (Phi) is 5.40. The summed E-state index contributed by atoms with van der Waals surface area (Å²) in [7, 11) is 3.30. The van der Waals surface area contributed by atoms with E-state index in [1.54, 1.807) is 20.5 Å². The number of ether oxygens (including phenoxy) is 3. The molecule has 1 aromatic heterocycles. The van der Waals surface area contributed by atoms with Gasteiger partial charge in [0.2, 0.25) is 5.95 Å². The van der Waals surface area contributed by atoms with Gasteiger partial charge in [0.25, 0.3) is 0 Å². The maximum absolute atomic E-state index is 6.74. The van der Waals surface area contributed by atoms with Crippen LogP contribution < -0.4 is 19.5 Å². The number of hydrogen-bond donors (Lipinski definition) is 1. The zero-order valence-electron chi connectivity index (χ0n) is 20.7. The predicted molar refractivity (Wildman–Crippen MR) is 139 cm³/mol. The average Bonchev–Trinajstić information content (AvgIpc) is 3.39. The Hall–Kier alpha value is -4.26. The molecule has 0 aliphatic carbocycles. The minimum absolute atomic E-state index is 0.228. The highest BCUT2D eigenvalue weighted by atomic mass is 16.5. The Morgan fingerprint density at radius 3 is 2.50 bits per heavy atom. The Bertz CT molecular complexity index is 1460. The Morgan fingerprint density at radius 1 is 0.944 bits per heavy atom. The monoisotopic (exact) mass is 480 g/mol. The highest BCUT2D eigenvalue weighted by molar-refractivity contribution is 5.85. The van der Waals surface area contributed by atoms with E-state index in [-0.39, 0.29) is 6.04 Å². The molecule has 7 heteroatoms. The molecule has 182 valence electrons. The summed E-state index contributed by atoms with van der Waals surface area (Å²) in [6.45, 7) is 4.40. The molecule has 2 aliphatic rings. The van der Waals surface area contributed by atoms with Gasteiger partial charge in [-0.25, -0.2) is 4.68 Å². The van der Waals surface area contributed by atoms with Gasteiger partial charge in [-0.2, -0.15) is 10.1 Å². The predicted octanol–water partition coefficient (Wildman–Crippen LogP) is 5.98. The zero-order chi connectivity index (χ0) is 24.8. The number of nitrogens with one attached hydrogen (secondary N) is 1. The molecule has 0 fully saturated rings. The van der Waals surface area contributed by atoms with Crippen LogP contribution in [0.4, 0.5) is 5.95 Å². The largest absolute Gasteiger partial charge is 0.493 e. The maximum atomic E-state index is 6.74. The second-order valence-electron chi connectivity index (χ2n) is 9.28. The molecule has 2 aliphatic heterocycles. The number of hydrogen-bond acceptors (Lipinski definition) is 6. The topological polar surface area (TPSA) is 70.4 Å². The molecule has 2 atom stereocenters. The molecule has 0 amide bonds. The van der Waals surface area contributed by atoms with Crippen molar-refractivity contribution in [2.45, 2.75) is 31.9 Å². The smallest absolute Gasteiger partial charge is 0.226 e. The van der Waals surface area contributed by atoms with E-state index in [4.69, 9.17) is 14.2 Å². The molecule has 0 saturated carbocycles. The summed E-state index contributed by atoms with van der Waals surface area (Å²) in [5.41, 5.74) is 6.28. The van der Waals surface area contributed by atoms with E-state index in [1.165, 1.54) is 5.56 Å².